The van der Waals surface area contributed by atoms with E-state index >= 15 is 0 Å². The van der Waals surface area contributed by atoms with Gasteiger partial charge < -0.3 is 4.90 Å². The van der Waals surface area contributed by atoms with Crippen LogP contribution in [0.5, 0.6) is 0 Å². The molecule has 29 heavy (non-hydrogen) atoms. The topological polar surface area (TPSA) is 36.4 Å². The maximum absolute atomic E-state index is 13.3. The molecule has 1 amide bonds. The van der Waals surface area contributed by atoms with Crippen LogP contribution in [0.1, 0.15) is 43.4 Å². The van der Waals surface area contributed by atoms with Crippen molar-refractivity contribution in [2.45, 2.75) is 45.1 Å². The third-order valence-corrected chi connectivity index (χ3v) is 6.42. The second kappa shape index (κ2) is 10.0. The van der Waals surface area contributed by atoms with E-state index in [0.717, 1.165) is 57.7 Å². The Kier molecular flexibility index (Phi) is 6.94. The maximum Gasteiger partial charge on any atom is 0.225 e. The molecule has 0 radical (unpaired) electrons. The zero-order valence-corrected chi connectivity index (χ0v) is 17.4. The largest absolute Gasteiger partial charge is 0.341 e. The molecule has 2 aliphatic rings. The van der Waals surface area contributed by atoms with Crippen LogP contribution in [0.15, 0.2) is 54.7 Å². The zero-order valence-electron chi connectivity index (χ0n) is 17.4. The van der Waals surface area contributed by atoms with Crippen LogP contribution in [0.3, 0.4) is 0 Å². The van der Waals surface area contributed by atoms with Gasteiger partial charge in [-0.2, -0.15) is 0 Å². The Hall–Kier alpha value is -2.20. The number of pyridine rings is 1. The van der Waals surface area contributed by atoms with Crippen molar-refractivity contribution >= 4 is 5.91 Å². The number of nitrogens with zero attached hydrogens (tertiary/aromatic N) is 3. The first-order chi connectivity index (χ1) is 14.3. The molecule has 0 unspecified atom stereocenters. The summed E-state index contributed by atoms with van der Waals surface area (Å²) in [5, 5.41) is 0. The Balaban J connectivity index is 1.47. The summed E-state index contributed by atoms with van der Waals surface area (Å²) in [5.74, 6) is 1.07. The van der Waals surface area contributed by atoms with E-state index in [0.29, 0.717) is 11.8 Å². The average molecular weight is 392 g/mol. The summed E-state index contributed by atoms with van der Waals surface area (Å²) in [6.45, 7) is 4.62. The monoisotopic (exact) mass is 391 g/mol. The molecule has 4 rings (SSSR count). The molecule has 2 fully saturated rings. The number of rotatable bonds is 5. The van der Waals surface area contributed by atoms with Gasteiger partial charge in [0.15, 0.2) is 0 Å². The van der Waals surface area contributed by atoms with Gasteiger partial charge in [-0.3, -0.25) is 14.7 Å². The molecule has 1 aromatic heterocycles. The summed E-state index contributed by atoms with van der Waals surface area (Å²) in [7, 11) is 0. The van der Waals surface area contributed by atoms with Gasteiger partial charge in [0.2, 0.25) is 5.91 Å². The second-order valence-corrected chi connectivity index (χ2v) is 8.73. The third-order valence-electron chi connectivity index (χ3n) is 6.42. The van der Waals surface area contributed by atoms with E-state index in [1.54, 1.807) is 0 Å². The molecular weight excluding hydrogens is 358 g/mol. The number of carbonyl (C=O) groups is 1. The normalized spacial score (nSPS) is 21.7. The molecule has 1 saturated heterocycles. The smallest absolute Gasteiger partial charge is 0.225 e. The van der Waals surface area contributed by atoms with Gasteiger partial charge in [-0.25, -0.2) is 0 Å². The van der Waals surface area contributed by atoms with Gasteiger partial charge in [0.25, 0.3) is 0 Å². The lowest BCUT2D eigenvalue weighted by molar-refractivity contribution is -0.136. The Labute approximate surface area is 174 Å². The fourth-order valence-electron chi connectivity index (χ4n) is 4.92. The highest BCUT2D eigenvalue weighted by molar-refractivity contribution is 5.79. The van der Waals surface area contributed by atoms with Crippen molar-refractivity contribution in [3.05, 3.63) is 66.0 Å². The number of hydrogen-bond donors (Lipinski definition) is 0. The van der Waals surface area contributed by atoms with Crippen LogP contribution in [0.25, 0.3) is 0 Å². The lowest BCUT2D eigenvalue weighted by Crippen LogP contribution is -2.41. The van der Waals surface area contributed by atoms with Crippen molar-refractivity contribution in [2.24, 2.45) is 11.8 Å². The fourth-order valence-corrected chi connectivity index (χ4v) is 4.92. The van der Waals surface area contributed by atoms with E-state index in [9.17, 15) is 4.79 Å². The summed E-state index contributed by atoms with van der Waals surface area (Å²) in [5.41, 5.74) is 2.47. The van der Waals surface area contributed by atoms with Crippen LogP contribution in [0.2, 0.25) is 0 Å². The minimum absolute atomic E-state index is 0.250. The first-order valence-electron chi connectivity index (χ1n) is 11.2. The molecule has 154 valence electrons. The van der Waals surface area contributed by atoms with E-state index in [2.05, 4.69) is 57.2 Å². The molecular formula is C25H33N3O. The molecule has 0 N–H and O–H groups in total. The van der Waals surface area contributed by atoms with Crippen LogP contribution < -0.4 is 0 Å². The Morgan fingerprint density at radius 3 is 2.48 bits per heavy atom. The van der Waals surface area contributed by atoms with Crippen molar-refractivity contribution in [1.29, 1.82) is 0 Å². The van der Waals surface area contributed by atoms with Crippen molar-refractivity contribution in [1.82, 2.24) is 14.8 Å². The van der Waals surface area contributed by atoms with E-state index in [4.69, 9.17) is 0 Å². The SMILES string of the molecule is O=C(C1CCCCC1)N1CCN(Cc2ccccc2)C[C@H](Cc2ccccn2)C1. The highest BCUT2D eigenvalue weighted by atomic mass is 16.2. The number of aromatic nitrogens is 1. The zero-order chi connectivity index (χ0) is 19.9. The molecule has 1 aromatic carbocycles. The van der Waals surface area contributed by atoms with E-state index in [1.807, 2.05) is 12.3 Å². The van der Waals surface area contributed by atoms with Gasteiger partial charge in [-0.1, -0.05) is 55.7 Å². The molecule has 1 aliphatic carbocycles. The molecule has 1 atom stereocenters. The number of amides is 1. The highest BCUT2D eigenvalue weighted by Crippen LogP contribution is 2.27. The number of benzene rings is 1. The molecule has 1 aliphatic heterocycles. The lowest BCUT2D eigenvalue weighted by atomic mass is 9.88. The first-order valence-corrected chi connectivity index (χ1v) is 11.2. The van der Waals surface area contributed by atoms with E-state index < -0.39 is 0 Å². The molecule has 0 bridgehead atoms. The molecule has 4 nitrogen and oxygen atoms in total. The minimum Gasteiger partial charge on any atom is -0.341 e. The van der Waals surface area contributed by atoms with Gasteiger partial charge in [0, 0.05) is 50.5 Å². The molecule has 4 heteroatoms. The molecule has 2 heterocycles. The van der Waals surface area contributed by atoms with E-state index in [-0.39, 0.29) is 5.92 Å². The highest BCUT2D eigenvalue weighted by Gasteiger charge is 2.30. The predicted octanol–water partition coefficient (Wildman–Crippen LogP) is 4.17. The van der Waals surface area contributed by atoms with Gasteiger partial charge in [-0.05, 0) is 42.9 Å². The van der Waals surface area contributed by atoms with Crippen LogP contribution in [0, 0.1) is 11.8 Å². The summed E-state index contributed by atoms with van der Waals surface area (Å²) in [4.78, 5) is 22.5. The third kappa shape index (κ3) is 5.66. The van der Waals surface area contributed by atoms with Gasteiger partial charge in [0.05, 0.1) is 0 Å². The molecule has 1 saturated carbocycles. The predicted molar refractivity (Wildman–Crippen MR) is 116 cm³/mol. The standard InChI is InChI=1S/C25H33N3O/c29-25(23-11-5-2-6-12-23)28-16-15-27(18-21-9-3-1-4-10-21)19-22(20-28)17-24-13-7-8-14-26-24/h1,3-4,7-10,13-14,22-23H,2,5-6,11-12,15-20H2/t22-/m0/s1. The van der Waals surface area contributed by atoms with Crippen molar-refractivity contribution in [2.75, 3.05) is 26.2 Å². The maximum atomic E-state index is 13.3. The Morgan fingerprint density at radius 1 is 0.931 bits per heavy atom. The quantitative estimate of drug-likeness (QED) is 0.768. The fraction of sp³-hybridized carbons (Fsp3) is 0.520. The van der Waals surface area contributed by atoms with Crippen molar-refractivity contribution in [3.63, 3.8) is 0 Å². The number of carbonyl (C=O) groups excluding carboxylic acids is 1. The van der Waals surface area contributed by atoms with Crippen LogP contribution in [0.4, 0.5) is 0 Å². The first kappa shape index (κ1) is 20.1. The van der Waals surface area contributed by atoms with Crippen molar-refractivity contribution < 1.29 is 4.79 Å². The summed E-state index contributed by atoms with van der Waals surface area (Å²) >= 11 is 0. The van der Waals surface area contributed by atoms with Crippen LogP contribution in [-0.4, -0.2) is 46.9 Å². The second-order valence-electron chi connectivity index (χ2n) is 8.73. The number of hydrogen-bond acceptors (Lipinski definition) is 3. The Bertz CT molecular complexity index is 758. The summed E-state index contributed by atoms with van der Waals surface area (Å²) < 4.78 is 0. The molecule has 0 spiro atoms. The van der Waals surface area contributed by atoms with E-state index in [1.165, 1.54) is 24.8 Å². The Morgan fingerprint density at radius 2 is 1.72 bits per heavy atom. The summed E-state index contributed by atoms with van der Waals surface area (Å²) in [6, 6.07) is 16.8. The minimum atomic E-state index is 0.250. The van der Waals surface area contributed by atoms with Crippen molar-refractivity contribution in [3.8, 4) is 0 Å². The van der Waals surface area contributed by atoms with Gasteiger partial charge >= 0.3 is 0 Å². The summed E-state index contributed by atoms with van der Waals surface area (Å²) in [6.07, 6.45) is 8.67. The lowest BCUT2D eigenvalue weighted by Gasteiger charge is -2.30. The average Bonchev–Trinajstić information content (AvgIpc) is 2.97. The van der Waals surface area contributed by atoms with Gasteiger partial charge in [-0.15, -0.1) is 0 Å². The van der Waals surface area contributed by atoms with Crippen LogP contribution >= 0.6 is 0 Å². The molecule has 2 aromatic rings. The van der Waals surface area contributed by atoms with Crippen LogP contribution in [-0.2, 0) is 17.8 Å². The van der Waals surface area contributed by atoms with Gasteiger partial charge in [0.1, 0.15) is 0 Å².